The third-order valence-electron chi connectivity index (χ3n) is 3.81. The molecule has 0 bridgehead atoms. The molecule has 2 aromatic carbocycles. The van der Waals surface area contributed by atoms with Crippen LogP contribution in [0.25, 0.3) is 10.9 Å². The molecular weight excluding hydrogens is 262 g/mol. The summed E-state index contributed by atoms with van der Waals surface area (Å²) in [4.78, 5) is 0. The Balaban J connectivity index is 1.94. The first-order valence-corrected chi connectivity index (χ1v) is 7.19. The van der Waals surface area contributed by atoms with E-state index in [1.54, 1.807) is 18.2 Å². The zero-order valence-electron chi connectivity index (χ0n) is 12.3. The van der Waals surface area contributed by atoms with Crippen LogP contribution in [-0.4, -0.2) is 9.67 Å². The maximum Gasteiger partial charge on any atom is 0.161 e. The molecule has 3 aromatic rings. The van der Waals surface area contributed by atoms with Crippen LogP contribution in [0.4, 0.5) is 0 Å². The number of phenolic OH excluding ortho intramolecular Hbond substituents is 1. The van der Waals surface area contributed by atoms with Gasteiger partial charge in [0.25, 0.3) is 0 Å². The van der Waals surface area contributed by atoms with Crippen molar-refractivity contribution in [3.05, 3.63) is 59.8 Å². The molecule has 3 nitrogen and oxygen atoms in total. The van der Waals surface area contributed by atoms with Gasteiger partial charge in [-0.3, -0.25) is 0 Å². The summed E-state index contributed by atoms with van der Waals surface area (Å²) in [7, 11) is 0. The fourth-order valence-corrected chi connectivity index (χ4v) is 2.71. The first-order chi connectivity index (χ1) is 10.2. The number of hydrogen-bond donors (Lipinski definition) is 1. The van der Waals surface area contributed by atoms with Crippen molar-refractivity contribution in [1.29, 1.82) is 0 Å². The summed E-state index contributed by atoms with van der Waals surface area (Å²) in [6.07, 6.45) is 0. The minimum absolute atomic E-state index is 0.174. The molecule has 3 rings (SSSR count). The van der Waals surface area contributed by atoms with Crippen LogP contribution in [0.3, 0.4) is 0 Å². The molecule has 0 saturated heterocycles. The summed E-state index contributed by atoms with van der Waals surface area (Å²) in [5.41, 5.74) is 3.61. The molecule has 3 heteroatoms. The van der Waals surface area contributed by atoms with Crippen molar-refractivity contribution in [3.63, 3.8) is 0 Å². The number of hydrogen-bond acceptors (Lipinski definition) is 2. The van der Waals surface area contributed by atoms with Gasteiger partial charge in [-0.25, -0.2) is 0 Å². The third-order valence-corrected chi connectivity index (χ3v) is 3.81. The predicted octanol–water partition coefficient (Wildman–Crippen LogP) is 4.25. The zero-order chi connectivity index (χ0) is 14.8. The maximum absolute atomic E-state index is 9.77. The molecule has 1 heterocycles. The molecule has 1 aromatic heterocycles. The highest BCUT2D eigenvalue weighted by Gasteiger charge is 2.10. The van der Waals surface area contributed by atoms with Crippen molar-refractivity contribution in [2.75, 3.05) is 0 Å². The highest BCUT2D eigenvalue weighted by atomic mass is 16.5. The molecule has 0 spiro atoms. The van der Waals surface area contributed by atoms with Crippen LogP contribution in [0, 0.1) is 6.92 Å². The van der Waals surface area contributed by atoms with Crippen LogP contribution in [0.1, 0.15) is 18.2 Å². The molecule has 0 fully saturated rings. The molecule has 0 unspecified atom stereocenters. The Morgan fingerprint density at radius 2 is 1.90 bits per heavy atom. The van der Waals surface area contributed by atoms with Crippen molar-refractivity contribution >= 4 is 10.9 Å². The van der Waals surface area contributed by atoms with Gasteiger partial charge in [-0.15, -0.1) is 0 Å². The third kappa shape index (κ3) is 2.47. The first-order valence-electron chi connectivity index (χ1n) is 7.19. The van der Waals surface area contributed by atoms with Gasteiger partial charge >= 0.3 is 0 Å². The lowest BCUT2D eigenvalue weighted by atomic mass is 10.1. The van der Waals surface area contributed by atoms with E-state index in [4.69, 9.17) is 4.74 Å². The van der Waals surface area contributed by atoms with Crippen LogP contribution >= 0.6 is 0 Å². The minimum atomic E-state index is 0.174. The number of rotatable bonds is 4. The van der Waals surface area contributed by atoms with E-state index in [1.807, 2.05) is 6.07 Å². The van der Waals surface area contributed by atoms with Crippen LogP contribution in [0.2, 0.25) is 0 Å². The van der Waals surface area contributed by atoms with E-state index in [0.717, 1.165) is 12.2 Å². The lowest BCUT2D eigenvalue weighted by Crippen LogP contribution is -2.04. The molecule has 0 atom stereocenters. The van der Waals surface area contributed by atoms with Crippen LogP contribution in [-0.2, 0) is 13.2 Å². The van der Waals surface area contributed by atoms with Gasteiger partial charge in [-0.1, -0.05) is 24.3 Å². The van der Waals surface area contributed by atoms with E-state index >= 15 is 0 Å². The van der Waals surface area contributed by atoms with Gasteiger partial charge in [0.05, 0.1) is 5.69 Å². The lowest BCUT2D eigenvalue weighted by molar-refractivity contribution is 0.280. The van der Waals surface area contributed by atoms with Crippen LogP contribution in [0.15, 0.2) is 48.5 Å². The number of ether oxygens (including phenoxy) is 1. The second kappa shape index (κ2) is 5.52. The standard InChI is InChI=1S/C18H19NO2/c1-3-19-14(11-15-13(2)7-6-8-16(15)19)12-21-18-10-5-4-9-17(18)20/h4-11,20H,3,12H2,1-2H3. The quantitative estimate of drug-likeness (QED) is 0.775. The Morgan fingerprint density at radius 3 is 2.67 bits per heavy atom. The van der Waals surface area contributed by atoms with Gasteiger partial charge in [0.2, 0.25) is 0 Å². The molecule has 0 saturated carbocycles. The second-order valence-electron chi connectivity index (χ2n) is 5.14. The molecule has 0 radical (unpaired) electrons. The molecule has 0 aliphatic rings. The summed E-state index contributed by atoms with van der Waals surface area (Å²) < 4.78 is 8.02. The van der Waals surface area contributed by atoms with Gasteiger partial charge in [0, 0.05) is 17.4 Å². The number of para-hydroxylation sites is 2. The van der Waals surface area contributed by atoms with Crippen molar-refractivity contribution in [2.24, 2.45) is 0 Å². The van der Waals surface area contributed by atoms with Gasteiger partial charge in [0.15, 0.2) is 11.5 Å². The Kier molecular flexibility index (Phi) is 3.57. The summed E-state index contributed by atoms with van der Waals surface area (Å²) in [5, 5.41) is 11.0. The maximum atomic E-state index is 9.77. The number of nitrogens with zero attached hydrogens (tertiary/aromatic N) is 1. The van der Waals surface area contributed by atoms with Gasteiger partial charge in [-0.05, 0) is 43.7 Å². The van der Waals surface area contributed by atoms with Gasteiger partial charge in [-0.2, -0.15) is 0 Å². The van der Waals surface area contributed by atoms with Crippen LogP contribution in [0.5, 0.6) is 11.5 Å². The van der Waals surface area contributed by atoms with E-state index in [9.17, 15) is 5.11 Å². The topological polar surface area (TPSA) is 34.4 Å². The van der Waals surface area contributed by atoms with Gasteiger partial charge < -0.3 is 14.4 Å². The van der Waals surface area contributed by atoms with E-state index in [0.29, 0.717) is 12.4 Å². The number of aromatic nitrogens is 1. The number of aryl methyl sites for hydroxylation is 2. The molecule has 1 N–H and O–H groups in total. The van der Waals surface area contributed by atoms with E-state index in [2.05, 4.69) is 42.7 Å². The van der Waals surface area contributed by atoms with Crippen molar-refractivity contribution < 1.29 is 9.84 Å². The molecule has 21 heavy (non-hydrogen) atoms. The van der Waals surface area contributed by atoms with Gasteiger partial charge in [0.1, 0.15) is 6.61 Å². The molecule has 0 aliphatic heterocycles. The normalized spacial score (nSPS) is 11.0. The molecule has 108 valence electrons. The average Bonchev–Trinajstić information content (AvgIpc) is 2.85. The smallest absolute Gasteiger partial charge is 0.161 e. The van der Waals surface area contributed by atoms with Crippen LogP contribution < -0.4 is 4.74 Å². The largest absolute Gasteiger partial charge is 0.504 e. The van der Waals surface area contributed by atoms with Crippen molar-refractivity contribution in [1.82, 2.24) is 4.57 Å². The first kappa shape index (κ1) is 13.6. The Hall–Kier alpha value is -2.42. The summed E-state index contributed by atoms with van der Waals surface area (Å²) in [6, 6.07) is 15.6. The number of fused-ring (bicyclic) bond motifs is 1. The fourth-order valence-electron chi connectivity index (χ4n) is 2.71. The molecule has 0 aliphatic carbocycles. The molecular formula is C18H19NO2. The monoisotopic (exact) mass is 281 g/mol. The fraction of sp³-hybridized carbons (Fsp3) is 0.222. The zero-order valence-corrected chi connectivity index (χ0v) is 12.3. The SMILES string of the molecule is CCn1c(COc2ccccc2O)cc2c(C)cccc21. The predicted molar refractivity (Wildman–Crippen MR) is 84.8 cm³/mol. The highest BCUT2D eigenvalue weighted by molar-refractivity contribution is 5.84. The Bertz CT molecular complexity index is 774. The lowest BCUT2D eigenvalue weighted by Gasteiger charge is -2.10. The minimum Gasteiger partial charge on any atom is -0.504 e. The Morgan fingerprint density at radius 1 is 1.10 bits per heavy atom. The average molecular weight is 281 g/mol. The number of aromatic hydroxyl groups is 1. The van der Waals surface area contributed by atoms with E-state index < -0.39 is 0 Å². The summed E-state index contributed by atoms with van der Waals surface area (Å²) in [6.45, 7) is 5.59. The van der Waals surface area contributed by atoms with E-state index in [1.165, 1.54) is 16.5 Å². The van der Waals surface area contributed by atoms with Crippen molar-refractivity contribution in [3.8, 4) is 11.5 Å². The Labute approximate surface area is 124 Å². The summed E-state index contributed by atoms with van der Waals surface area (Å²) >= 11 is 0. The number of phenols is 1. The second-order valence-corrected chi connectivity index (χ2v) is 5.14. The van der Waals surface area contributed by atoms with Crippen molar-refractivity contribution in [2.45, 2.75) is 27.0 Å². The molecule has 0 amide bonds. The highest BCUT2D eigenvalue weighted by Crippen LogP contribution is 2.27. The van der Waals surface area contributed by atoms with E-state index in [-0.39, 0.29) is 5.75 Å². The summed E-state index contributed by atoms with van der Waals surface area (Å²) in [5.74, 6) is 0.690. The number of benzene rings is 2.